The quantitative estimate of drug-likeness (QED) is 0.314. The molecule has 2 aromatic carbocycles. The summed E-state index contributed by atoms with van der Waals surface area (Å²) in [4.78, 5) is 0. The Morgan fingerprint density at radius 1 is 1.12 bits per heavy atom. The number of benzene rings is 2. The predicted molar refractivity (Wildman–Crippen MR) is 125 cm³/mol. The Bertz CT molecular complexity index is 836. The van der Waals surface area contributed by atoms with Crippen molar-refractivity contribution in [1.82, 2.24) is 0 Å². The molecule has 2 unspecified atom stereocenters. The van der Waals surface area contributed by atoms with Gasteiger partial charge in [-0.3, -0.25) is 0 Å². The molecule has 0 saturated carbocycles. The molecule has 2 N–H and O–H groups in total. The first kappa shape index (κ1) is 20.3. The average molecular weight is 614 g/mol. The van der Waals surface area contributed by atoms with Gasteiger partial charge < -0.3 is 15.2 Å². The fourth-order valence-corrected chi connectivity index (χ4v) is 5.29. The van der Waals surface area contributed by atoms with Crippen LogP contribution in [-0.4, -0.2) is 20.6 Å². The van der Waals surface area contributed by atoms with Crippen LogP contribution in [0.2, 0.25) is 5.02 Å². The molecule has 0 saturated heterocycles. The number of alkyl halides is 2. The summed E-state index contributed by atoms with van der Waals surface area (Å²) in [6.45, 7) is 0.489. The van der Waals surface area contributed by atoms with Crippen LogP contribution in [0.25, 0.3) is 0 Å². The summed E-state index contributed by atoms with van der Waals surface area (Å²) in [6, 6.07) is 16.9. The highest BCUT2D eigenvalue weighted by atomic mass is 127. The van der Waals surface area contributed by atoms with Crippen molar-refractivity contribution in [2.24, 2.45) is 0 Å². The van der Waals surface area contributed by atoms with E-state index in [4.69, 9.17) is 27.9 Å². The summed E-state index contributed by atoms with van der Waals surface area (Å²) in [5, 5.41) is 14.7. The minimum atomic E-state index is -1.10. The number of nitrogens with one attached hydrogen (secondary N) is 1. The van der Waals surface area contributed by atoms with Crippen LogP contribution in [0.5, 0.6) is 5.75 Å². The Morgan fingerprint density at radius 3 is 2.42 bits per heavy atom. The first-order valence-corrected chi connectivity index (χ1v) is 10.7. The van der Waals surface area contributed by atoms with Gasteiger partial charge >= 0.3 is 0 Å². The van der Waals surface area contributed by atoms with E-state index in [0.29, 0.717) is 23.1 Å². The van der Waals surface area contributed by atoms with Crippen molar-refractivity contribution >= 4 is 74.1 Å². The van der Waals surface area contributed by atoms with Gasteiger partial charge in [-0.1, -0.05) is 41.4 Å². The highest BCUT2D eigenvalue weighted by Gasteiger charge is 2.45. The number of aliphatic hydroxyl groups is 1. The maximum Gasteiger partial charge on any atom is 0.183 e. The average Bonchev–Trinajstić information content (AvgIpc) is 2.63. The van der Waals surface area contributed by atoms with Crippen molar-refractivity contribution in [3.05, 3.63) is 80.6 Å². The maximum absolute atomic E-state index is 10.8. The number of allylic oxidation sites excluding steroid dienone is 2. The number of halogens is 4. The summed E-state index contributed by atoms with van der Waals surface area (Å²) in [7, 11) is 0. The smallest absolute Gasteiger partial charge is 0.183 e. The minimum Gasteiger partial charge on any atom is -0.458 e. The molecule has 3 rings (SSSR count). The molecule has 2 aromatic rings. The van der Waals surface area contributed by atoms with Crippen LogP contribution >= 0.6 is 68.4 Å². The lowest BCUT2D eigenvalue weighted by atomic mass is 9.99. The van der Waals surface area contributed by atoms with Crippen molar-refractivity contribution in [2.75, 3.05) is 11.9 Å². The highest BCUT2D eigenvalue weighted by Crippen LogP contribution is 2.46. The molecule has 0 bridgehead atoms. The highest BCUT2D eigenvalue weighted by molar-refractivity contribution is 14.1. The molecular weight excluding hydrogens is 599 g/mol. The van der Waals surface area contributed by atoms with E-state index in [-0.39, 0.29) is 0 Å². The largest absolute Gasteiger partial charge is 0.458 e. The van der Waals surface area contributed by atoms with Crippen molar-refractivity contribution in [3.8, 4) is 5.75 Å². The number of ether oxygens (including phenoxy) is 1. The first-order valence-electron chi connectivity index (χ1n) is 7.77. The molecule has 0 aromatic heterocycles. The molecule has 0 aliphatic heterocycles. The molecule has 0 heterocycles. The molecule has 0 fully saturated rings. The molecule has 2 atom stereocenters. The van der Waals surface area contributed by atoms with Gasteiger partial charge in [-0.25, -0.2) is 0 Å². The van der Waals surface area contributed by atoms with Crippen LogP contribution in [0.1, 0.15) is 0 Å². The van der Waals surface area contributed by atoms with Gasteiger partial charge in [0.15, 0.2) is 8.64 Å². The predicted octanol–water partition coefficient (Wildman–Crippen LogP) is 6.15. The Labute approximate surface area is 189 Å². The van der Waals surface area contributed by atoms with Crippen LogP contribution in [0.15, 0.2) is 75.6 Å². The Kier molecular flexibility index (Phi) is 6.77. The van der Waals surface area contributed by atoms with E-state index >= 15 is 0 Å². The Hall–Kier alpha value is -0.480. The van der Waals surface area contributed by atoms with Gasteiger partial charge in [-0.15, -0.1) is 0 Å². The summed E-state index contributed by atoms with van der Waals surface area (Å²) in [5.74, 6) is 1.13. The molecule has 26 heavy (non-hydrogen) atoms. The lowest BCUT2D eigenvalue weighted by Crippen LogP contribution is -2.40. The minimum absolute atomic E-state index is 0.489. The molecular formula is C19H15Cl2I2NO2. The van der Waals surface area contributed by atoms with Crippen molar-refractivity contribution in [2.45, 2.75) is 8.98 Å². The second-order valence-electron chi connectivity index (χ2n) is 5.70. The number of hydrogen-bond acceptors (Lipinski definition) is 3. The molecule has 0 amide bonds. The van der Waals surface area contributed by atoms with E-state index in [9.17, 15) is 5.11 Å². The van der Waals surface area contributed by atoms with Crippen LogP contribution in [0.4, 0.5) is 5.69 Å². The van der Waals surface area contributed by atoms with Crippen LogP contribution in [0.3, 0.4) is 0 Å². The van der Waals surface area contributed by atoms with Crippen LogP contribution in [-0.2, 0) is 0 Å². The van der Waals surface area contributed by atoms with Crippen LogP contribution in [0, 0.1) is 0 Å². The van der Waals surface area contributed by atoms with Crippen molar-refractivity contribution in [1.29, 1.82) is 0 Å². The summed E-state index contributed by atoms with van der Waals surface area (Å²) < 4.78 is 5.71. The SMILES string of the molecule is OC1C(CNc2ccccc2)=CC(I)=C(Oc2ccc(Cl)cc2)C1(Cl)I. The van der Waals surface area contributed by atoms with E-state index in [0.717, 1.165) is 14.8 Å². The summed E-state index contributed by atoms with van der Waals surface area (Å²) in [5.41, 5.74) is 1.78. The third kappa shape index (κ3) is 4.67. The molecule has 1 aliphatic rings. The van der Waals surface area contributed by atoms with Gasteiger partial charge in [0, 0.05) is 17.3 Å². The third-order valence-electron chi connectivity index (χ3n) is 3.83. The van der Waals surface area contributed by atoms with Gasteiger partial charge in [0.2, 0.25) is 0 Å². The number of para-hydroxylation sites is 1. The van der Waals surface area contributed by atoms with E-state index in [1.165, 1.54) is 0 Å². The molecule has 0 radical (unpaired) electrons. The van der Waals surface area contributed by atoms with E-state index in [1.807, 2.05) is 59.0 Å². The zero-order chi connectivity index (χ0) is 18.7. The summed E-state index contributed by atoms with van der Waals surface area (Å²) in [6.07, 6.45) is 1.02. The number of hydrogen-bond donors (Lipinski definition) is 2. The van der Waals surface area contributed by atoms with Crippen molar-refractivity contribution < 1.29 is 9.84 Å². The van der Waals surface area contributed by atoms with Gasteiger partial charge in [0.25, 0.3) is 0 Å². The maximum atomic E-state index is 10.8. The van der Waals surface area contributed by atoms with Gasteiger partial charge in [-0.2, -0.15) is 0 Å². The lowest BCUT2D eigenvalue weighted by Gasteiger charge is -2.34. The molecule has 3 nitrogen and oxygen atoms in total. The second-order valence-corrected chi connectivity index (χ2v) is 10.2. The number of rotatable bonds is 5. The monoisotopic (exact) mass is 613 g/mol. The fraction of sp³-hybridized carbons (Fsp3) is 0.158. The van der Waals surface area contributed by atoms with Gasteiger partial charge in [-0.05, 0) is 93.2 Å². The Morgan fingerprint density at radius 2 is 1.77 bits per heavy atom. The third-order valence-corrected chi connectivity index (χ3v) is 6.34. The van der Waals surface area contributed by atoms with Crippen molar-refractivity contribution in [3.63, 3.8) is 0 Å². The number of aliphatic hydroxyl groups excluding tert-OH is 1. The van der Waals surface area contributed by atoms with E-state index in [2.05, 4.69) is 27.9 Å². The standard InChI is InChI=1S/C19H15Cl2I2NO2/c20-13-6-8-15(9-7-13)26-18-16(22)10-12(17(25)19(18,21)23)11-24-14-4-2-1-3-5-14/h1-10,17,24-25H,11H2. The first-order chi connectivity index (χ1) is 12.4. The normalized spacial score (nSPS) is 22.8. The van der Waals surface area contributed by atoms with E-state index in [1.54, 1.807) is 24.3 Å². The van der Waals surface area contributed by atoms with Gasteiger partial charge in [0.1, 0.15) is 11.9 Å². The molecule has 1 aliphatic carbocycles. The topological polar surface area (TPSA) is 41.5 Å². The number of anilines is 1. The molecule has 7 heteroatoms. The Balaban J connectivity index is 1.82. The summed E-state index contributed by atoms with van der Waals surface area (Å²) >= 11 is 16.8. The van der Waals surface area contributed by atoms with E-state index < -0.39 is 8.98 Å². The fourth-order valence-electron chi connectivity index (χ4n) is 2.47. The zero-order valence-electron chi connectivity index (χ0n) is 13.4. The molecule has 0 spiro atoms. The van der Waals surface area contributed by atoms with Crippen LogP contribution < -0.4 is 10.1 Å². The van der Waals surface area contributed by atoms with Gasteiger partial charge in [0.05, 0.1) is 3.58 Å². The second kappa shape index (κ2) is 8.68. The zero-order valence-corrected chi connectivity index (χ0v) is 19.3. The lowest BCUT2D eigenvalue weighted by molar-refractivity contribution is 0.189. The molecule has 136 valence electrons.